The summed E-state index contributed by atoms with van der Waals surface area (Å²) < 4.78 is 1.20. The van der Waals surface area contributed by atoms with Crippen LogP contribution in [0.15, 0.2) is 18.2 Å². The van der Waals surface area contributed by atoms with Crippen molar-refractivity contribution >= 4 is 28.5 Å². The molecular weight excluding hydrogens is 277 g/mol. The molecule has 1 heterocycles. The molecule has 0 unspecified atom stereocenters. The largest absolute Gasteiger partial charge is 0.341 e. The minimum Gasteiger partial charge on any atom is -0.341 e. The normalized spacial score (nSPS) is 15.8. The van der Waals surface area contributed by atoms with Crippen LogP contribution in [0.4, 0.5) is 0 Å². The van der Waals surface area contributed by atoms with Gasteiger partial charge in [-0.15, -0.1) is 0 Å². The summed E-state index contributed by atoms with van der Waals surface area (Å²) in [5, 5.41) is 0. The highest BCUT2D eigenvalue weighted by molar-refractivity contribution is 14.1. The van der Waals surface area contributed by atoms with Crippen molar-refractivity contribution in [2.75, 3.05) is 7.05 Å². The van der Waals surface area contributed by atoms with Gasteiger partial charge in [0.2, 0.25) is 5.91 Å². The summed E-state index contributed by atoms with van der Waals surface area (Å²) in [6, 6.07) is 6.30. The van der Waals surface area contributed by atoms with Crippen LogP contribution in [-0.2, 0) is 17.8 Å². The van der Waals surface area contributed by atoms with E-state index in [2.05, 4.69) is 40.8 Å². The zero-order chi connectivity index (χ0) is 9.42. The van der Waals surface area contributed by atoms with E-state index in [0.29, 0.717) is 6.42 Å². The molecule has 1 aromatic carbocycles. The van der Waals surface area contributed by atoms with Crippen molar-refractivity contribution in [3.05, 3.63) is 32.9 Å². The Labute approximate surface area is 91.1 Å². The van der Waals surface area contributed by atoms with Gasteiger partial charge in [-0.25, -0.2) is 0 Å². The van der Waals surface area contributed by atoms with Gasteiger partial charge in [0, 0.05) is 17.2 Å². The third-order valence-electron chi connectivity index (χ3n) is 2.34. The molecule has 3 heteroatoms. The number of halogens is 1. The van der Waals surface area contributed by atoms with Gasteiger partial charge in [0.1, 0.15) is 0 Å². The minimum atomic E-state index is 0.217. The van der Waals surface area contributed by atoms with Crippen LogP contribution >= 0.6 is 22.6 Å². The van der Waals surface area contributed by atoms with E-state index in [0.717, 1.165) is 6.54 Å². The molecule has 0 spiro atoms. The van der Waals surface area contributed by atoms with Gasteiger partial charge >= 0.3 is 0 Å². The molecule has 0 radical (unpaired) electrons. The van der Waals surface area contributed by atoms with Gasteiger partial charge in [-0.05, 0) is 45.9 Å². The van der Waals surface area contributed by atoms with Crippen LogP contribution in [0.5, 0.6) is 0 Å². The number of benzene rings is 1. The number of carbonyl (C=O) groups excluding carboxylic acids is 1. The van der Waals surface area contributed by atoms with Crippen molar-refractivity contribution in [2.24, 2.45) is 0 Å². The van der Waals surface area contributed by atoms with Crippen LogP contribution < -0.4 is 0 Å². The zero-order valence-electron chi connectivity index (χ0n) is 7.38. The van der Waals surface area contributed by atoms with Gasteiger partial charge in [-0.2, -0.15) is 0 Å². The van der Waals surface area contributed by atoms with E-state index >= 15 is 0 Å². The lowest BCUT2D eigenvalue weighted by Crippen LogP contribution is -2.32. The van der Waals surface area contributed by atoms with Crippen LogP contribution in [-0.4, -0.2) is 17.9 Å². The molecule has 0 saturated heterocycles. The number of carbonyl (C=O) groups is 1. The molecule has 0 aromatic heterocycles. The van der Waals surface area contributed by atoms with Gasteiger partial charge < -0.3 is 4.90 Å². The third-order valence-corrected chi connectivity index (χ3v) is 3.01. The van der Waals surface area contributed by atoms with Crippen molar-refractivity contribution in [2.45, 2.75) is 13.0 Å². The SMILES string of the molecule is CN1Cc2ccc(I)cc2CC1=O. The first-order chi connectivity index (χ1) is 6.16. The summed E-state index contributed by atoms with van der Waals surface area (Å²) in [5.41, 5.74) is 2.47. The van der Waals surface area contributed by atoms with Gasteiger partial charge in [0.25, 0.3) is 0 Å². The molecule has 1 amide bonds. The van der Waals surface area contributed by atoms with Crippen molar-refractivity contribution in [1.82, 2.24) is 4.90 Å². The van der Waals surface area contributed by atoms with Gasteiger partial charge in [0.15, 0.2) is 0 Å². The smallest absolute Gasteiger partial charge is 0.227 e. The summed E-state index contributed by atoms with van der Waals surface area (Å²) in [5.74, 6) is 0.217. The van der Waals surface area contributed by atoms with Gasteiger partial charge in [-0.1, -0.05) is 6.07 Å². The van der Waals surface area contributed by atoms with E-state index in [4.69, 9.17) is 0 Å². The number of amides is 1. The fourth-order valence-corrected chi connectivity index (χ4v) is 2.11. The number of nitrogens with zero attached hydrogens (tertiary/aromatic N) is 1. The third kappa shape index (κ3) is 1.70. The molecule has 0 aliphatic carbocycles. The van der Waals surface area contributed by atoms with E-state index in [-0.39, 0.29) is 5.91 Å². The molecule has 68 valence electrons. The second-order valence-corrected chi connectivity index (χ2v) is 4.59. The number of likely N-dealkylation sites (N-methyl/N-ethyl adjacent to an activating group) is 1. The summed E-state index contributed by atoms with van der Waals surface area (Å²) in [6.07, 6.45) is 0.558. The highest BCUT2D eigenvalue weighted by Gasteiger charge is 2.19. The van der Waals surface area contributed by atoms with E-state index in [9.17, 15) is 4.79 Å². The first-order valence-electron chi connectivity index (χ1n) is 4.18. The molecule has 1 aliphatic heterocycles. The van der Waals surface area contributed by atoms with E-state index in [1.807, 2.05) is 7.05 Å². The predicted molar refractivity (Wildman–Crippen MR) is 59.3 cm³/mol. The lowest BCUT2D eigenvalue weighted by molar-refractivity contribution is -0.130. The summed E-state index contributed by atoms with van der Waals surface area (Å²) in [7, 11) is 1.85. The van der Waals surface area contributed by atoms with Crippen LogP contribution in [0.25, 0.3) is 0 Å². The molecule has 2 rings (SSSR count). The number of rotatable bonds is 0. The first-order valence-corrected chi connectivity index (χ1v) is 5.26. The standard InChI is InChI=1S/C10H10INO/c1-12-6-7-2-3-9(11)4-8(7)5-10(12)13/h2-4H,5-6H2,1H3. The van der Waals surface area contributed by atoms with Crippen molar-refractivity contribution in [1.29, 1.82) is 0 Å². The number of fused-ring (bicyclic) bond motifs is 1. The van der Waals surface area contributed by atoms with Crippen LogP contribution in [0.3, 0.4) is 0 Å². The Balaban J connectivity index is 2.42. The van der Waals surface area contributed by atoms with Crippen LogP contribution in [0.2, 0.25) is 0 Å². The maximum atomic E-state index is 11.4. The molecule has 1 aromatic rings. The summed E-state index contributed by atoms with van der Waals surface area (Å²) >= 11 is 2.27. The Kier molecular flexibility index (Phi) is 2.27. The Hall–Kier alpha value is -0.580. The monoisotopic (exact) mass is 287 g/mol. The lowest BCUT2D eigenvalue weighted by Gasteiger charge is -2.24. The maximum Gasteiger partial charge on any atom is 0.227 e. The lowest BCUT2D eigenvalue weighted by atomic mass is 10.00. The fraction of sp³-hybridized carbons (Fsp3) is 0.300. The molecule has 0 fully saturated rings. The summed E-state index contributed by atoms with van der Waals surface area (Å²) in [4.78, 5) is 13.2. The second kappa shape index (κ2) is 3.29. The highest BCUT2D eigenvalue weighted by Crippen LogP contribution is 2.20. The van der Waals surface area contributed by atoms with Crippen LogP contribution in [0.1, 0.15) is 11.1 Å². The average Bonchev–Trinajstić information content (AvgIpc) is 2.08. The topological polar surface area (TPSA) is 20.3 Å². The zero-order valence-corrected chi connectivity index (χ0v) is 9.54. The van der Waals surface area contributed by atoms with Crippen molar-refractivity contribution < 1.29 is 4.79 Å². The number of hydrogen-bond acceptors (Lipinski definition) is 1. The molecular formula is C10H10INO. The van der Waals surface area contributed by atoms with Crippen molar-refractivity contribution in [3.63, 3.8) is 0 Å². The van der Waals surface area contributed by atoms with E-state index < -0.39 is 0 Å². The second-order valence-electron chi connectivity index (χ2n) is 3.34. The Morgan fingerprint density at radius 1 is 1.38 bits per heavy atom. The minimum absolute atomic E-state index is 0.217. The quantitative estimate of drug-likeness (QED) is 0.666. The highest BCUT2D eigenvalue weighted by atomic mass is 127. The van der Waals surface area contributed by atoms with Gasteiger partial charge in [-0.3, -0.25) is 4.79 Å². The Morgan fingerprint density at radius 2 is 2.15 bits per heavy atom. The molecule has 0 atom stereocenters. The molecule has 2 nitrogen and oxygen atoms in total. The average molecular weight is 287 g/mol. The fourth-order valence-electron chi connectivity index (χ4n) is 1.55. The molecule has 0 saturated carbocycles. The van der Waals surface area contributed by atoms with Gasteiger partial charge in [0.05, 0.1) is 6.42 Å². The van der Waals surface area contributed by atoms with Crippen molar-refractivity contribution in [3.8, 4) is 0 Å². The summed E-state index contributed by atoms with van der Waals surface area (Å²) in [6.45, 7) is 0.755. The molecule has 0 N–H and O–H groups in total. The predicted octanol–water partition coefficient (Wildman–Crippen LogP) is 1.81. The number of hydrogen-bond donors (Lipinski definition) is 0. The Bertz CT molecular complexity index is 362. The molecule has 13 heavy (non-hydrogen) atoms. The van der Waals surface area contributed by atoms with E-state index in [1.54, 1.807) is 4.90 Å². The molecule has 0 bridgehead atoms. The molecule has 1 aliphatic rings. The first kappa shape index (κ1) is 8.99. The van der Waals surface area contributed by atoms with Crippen LogP contribution in [0, 0.1) is 3.57 Å². The Morgan fingerprint density at radius 3 is 2.92 bits per heavy atom. The maximum absolute atomic E-state index is 11.4. The van der Waals surface area contributed by atoms with E-state index in [1.165, 1.54) is 14.7 Å².